The van der Waals surface area contributed by atoms with Gasteiger partial charge in [0.2, 0.25) is 0 Å². The van der Waals surface area contributed by atoms with Gasteiger partial charge in [0.25, 0.3) is 0 Å². The zero-order chi connectivity index (χ0) is 27.1. The van der Waals surface area contributed by atoms with Gasteiger partial charge in [0.1, 0.15) is 5.37 Å². The van der Waals surface area contributed by atoms with Crippen LogP contribution in [0.4, 0.5) is 16.2 Å². The highest BCUT2D eigenvalue weighted by Gasteiger charge is 2.32. The number of aromatic nitrogens is 1. The number of benzene rings is 2. The Kier molecular flexibility index (Phi) is 8.55. The number of rotatable bonds is 9. The fourth-order valence-corrected chi connectivity index (χ4v) is 5.99. The Morgan fingerprint density at radius 1 is 1.03 bits per heavy atom. The summed E-state index contributed by atoms with van der Waals surface area (Å²) in [6.45, 7) is 8.04. The summed E-state index contributed by atoms with van der Waals surface area (Å²) >= 11 is 0. The van der Waals surface area contributed by atoms with E-state index in [1.165, 1.54) is 25.1 Å². The van der Waals surface area contributed by atoms with Crippen LogP contribution in [0, 0.1) is 0 Å². The number of nitrogens with zero attached hydrogens (tertiary/aromatic N) is 3. The Morgan fingerprint density at radius 2 is 1.71 bits per heavy atom. The van der Waals surface area contributed by atoms with E-state index in [0.29, 0.717) is 44.0 Å². The molecule has 38 heavy (non-hydrogen) atoms. The van der Waals surface area contributed by atoms with Gasteiger partial charge < -0.3 is 15.5 Å². The molecular formula is C28H31N5O4S. The highest BCUT2D eigenvalue weighted by atomic mass is 32.2. The van der Waals surface area contributed by atoms with Gasteiger partial charge in [-0.25, -0.2) is 13.2 Å². The second-order valence-corrected chi connectivity index (χ2v) is 11.0. The van der Waals surface area contributed by atoms with Crippen LogP contribution in [0.5, 0.6) is 0 Å². The average molecular weight is 534 g/mol. The fraction of sp³-hybridized carbons (Fsp3) is 0.250. The van der Waals surface area contributed by atoms with E-state index >= 15 is 0 Å². The van der Waals surface area contributed by atoms with Crippen molar-refractivity contribution in [3.63, 3.8) is 0 Å². The number of carbonyl (C=O) groups excluding carboxylic acids is 2. The molecule has 2 amide bonds. The number of piperazine rings is 1. The Morgan fingerprint density at radius 3 is 2.29 bits per heavy atom. The molecule has 0 aliphatic carbocycles. The topological polar surface area (TPSA) is 112 Å². The second-order valence-electron chi connectivity index (χ2n) is 8.99. The third kappa shape index (κ3) is 6.45. The first-order chi connectivity index (χ1) is 18.3. The van der Waals surface area contributed by atoms with Crippen molar-refractivity contribution < 1.29 is 18.0 Å². The SMILES string of the molecule is C=CC(N1CCN(c2ccc(C(C)=O)cc2)CC1)S(=O)(=O)c1ccc(NC(=O)NCc2cccnc2)cc1. The molecule has 1 saturated heterocycles. The minimum absolute atomic E-state index is 0.0216. The van der Waals surface area contributed by atoms with Gasteiger partial charge in [0.15, 0.2) is 15.6 Å². The first-order valence-electron chi connectivity index (χ1n) is 12.3. The third-order valence-electron chi connectivity index (χ3n) is 6.45. The predicted octanol–water partition coefficient (Wildman–Crippen LogP) is 3.71. The molecule has 1 unspecified atom stereocenters. The number of hydrogen-bond donors (Lipinski definition) is 2. The third-order valence-corrected chi connectivity index (χ3v) is 8.50. The lowest BCUT2D eigenvalue weighted by Crippen LogP contribution is -2.52. The highest BCUT2D eigenvalue weighted by molar-refractivity contribution is 7.92. The summed E-state index contributed by atoms with van der Waals surface area (Å²) in [6, 6.07) is 16.8. The Balaban J connectivity index is 1.35. The number of Topliss-reactive ketones (excluding diaryl/α,β-unsaturated/α-hetero) is 1. The minimum Gasteiger partial charge on any atom is -0.369 e. The van der Waals surface area contributed by atoms with Crippen LogP contribution in [0.15, 0.2) is 90.6 Å². The lowest BCUT2D eigenvalue weighted by atomic mass is 10.1. The molecular weight excluding hydrogens is 502 g/mol. The van der Waals surface area contributed by atoms with Gasteiger partial charge in [0, 0.05) is 62.1 Å². The van der Waals surface area contributed by atoms with Crippen molar-refractivity contribution in [3.05, 3.63) is 96.8 Å². The summed E-state index contributed by atoms with van der Waals surface area (Å²) in [7, 11) is -3.72. The molecule has 3 aromatic rings. The van der Waals surface area contributed by atoms with E-state index in [9.17, 15) is 18.0 Å². The summed E-state index contributed by atoms with van der Waals surface area (Å²) in [5.74, 6) is 0.0216. The van der Waals surface area contributed by atoms with Crippen LogP contribution in [0.1, 0.15) is 22.8 Å². The van der Waals surface area contributed by atoms with Gasteiger partial charge in [-0.15, -0.1) is 6.58 Å². The van der Waals surface area contributed by atoms with Crippen LogP contribution in [-0.4, -0.2) is 61.7 Å². The molecule has 2 heterocycles. The predicted molar refractivity (Wildman–Crippen MR) is 148 cm³/mol. The molecule has 4 rings (SSSR count). The Labute approximate surface area is 223 Å². The molecule has 1 fully saturated rings. The van der Waals surface area contributed by atoms with Crippen molar-refractivity contribution in [2.24, 2.45) is 0 Å². The summed E-state index contributed by atoms with van der Waals surface area (Å²) in [5.41, 5.74) is 3.01. The number of nitrogens with one attached hydrogen (secondary N) is 2. The van der Waals surface area contributed by atoms with Crippen molar-refractivity contribution in [1.82, 2.24) is 15.2 Å². The number of pyridine rings is 1. The lowest BCUT2D eigenvalue weighted by molar-refractivity contribution is 0.101. The molecule has 10 heteroatoms. The van der Waals surface area contributed by atoms with Crippen molar-refractivity contribution >= 4 is 33.0 Å². The number of hydrogen-bond acceptors (Lipinski definition) is 7. The minimum atomic E-state index is -3.72. The first-order valence-corrected chi connectivity index (χ1v) is 13.8. The molecule has 1 aliphatic heterocycles. The van der Waals surface area contributed by atoms with E-state index in [0.717, 1.165) is 11.3 Å². The molecule has 1 aromatic heterocycles. The molecule has 0 radical (unpaired) electrons. The fourth-order valence-electron chi connectivity index (χ4n) is 4.34. The number of ketones is 1. The monoisotopic (exact) mass is 533 g/mol. The van der Waals surface area contributed by atoms with E-state index < -0.39 is 21.2 Å². The molecule has 1 atom stereocenters. The first kappa shape index (κ1) is 27.0. The van der Waals surface area contributed by atoms with Crippen LogP contribution in [0.2, 0.25) is 0 Å². The molecule has 1 aliphatic rings. The molecule has 9 nitrogen and oxygen atoms in total. The van der Waals surface area contributed by atoms with Crippen molar-refractivity contribution in [2.75, 3.05) is 36.4 Å². The van der Waals surface area contributed by atoms with Gasteiger partial charge >= 0.3 is 6.03 Å². The molecule has 198 valence electrons. The average Bonchev–Trinajstić information content (AvgIpc) is 2.93. The zero-order valence-corrected chi connectivity index (χ0v) is 22.0. The number of urea groups is 1. The normalized spacial score (nSPS) is 14.9. The zero-order valence-electron chi connectivity index (χ0n) is 21.2. The van der Waals surface area contributed by atoms with Gasteiger partial charge in [-0.2, -0.15) is 0 Å². The Bertz CT molecular complexity index is 1370. The smallest absolute Gasteiger partial charge is 0.319 e. The Hall–Kier alpha value is -4.02. The van der Waals surface area contributed by atoms with E-state index in [1.54, 1.807) is 30.6 Å². The summed E-state index contributed by atoms with van der Waals surface area (Å²) in [6.07, 6.45) is 4.79. The van der Waals surface area contributed by atoms with Gasteiger partial charge in [-0.1, -0.05) is 12.1 Å². The van der Waals surface area contributed by atoms with Crippen LogP contribution < -0.4 is 15.5 Å². The van der Waals surface area contributed by atoms with E-state index in [2.05, 4.69) is 27.1 Å². The van der Waals surface area contributed by atoms with Gasteiger partial charge in [-0.05, 0) is 67.1 Å². The molecule has 0 saturated carbocycles. The molecule has 2 N–H and O–H groups in total. The highest BCUT2D eigenvalue weighted by Crippen LogP contribution is 2.24. The second kappa shape index (κ2) is 12.0. The molecule has 2 aromatic carbocycles. The maximum atomic E-state index is 13.4. The van der Waals surface area contributed by atoms with Gasteiger partial charge in [0.05, 0.1) is 4.90 Å². The van der Waals surface area contributed by atoms with E-state index in [4.69, 9.17) is 0 Å². The van der Waals surface area contributed by atoms with Gasteiger partial charge in [-0.3, -0.25) is 14.7 Å². The van der Waals surface area contributed by atoms with Crippen molar-refractivity contribution in [1.29, 1.82) is 0 Å². The number of carbonyl (C=O) groups is 2. The quantitative estimate of drug-likeness (QED) is 0.319. The molecule has 0 spiro atoms. The standard InChI is InChI=1S/C28H31N5O4S/c1-3-27(33-17-15-32(16-18-33)25-10-6-23(7-11-25)21(2)34)38(36,37)26-12-8-24(9-13-26)31-28(35)30-20-22-5-4-14-29-19-22/h3-14,19,27H,1,15-18,20H2,2H3,(H2,30,31,35). The van der Waals surface area contributed by atoms with Crippen LogP contribution in [0.25, 0.3) is 0 Å². The van der Waals surface area contributed by atoms with E-state index in [1.807, 2.05) is 35.2 Å². The lowest BCUT2D eigenvalue weighted by Gasteiger charge is -2.39. The molecule has 0 bridgehead atoms. The summed E-state index contributed by atoms with van der Waals surface area (Å²) in [5, 5.41) is 4.58. The summed E-state index contributed by atoms with van der Waals surface area (Å²) < 4.78 is 26.9. The summed E-state index contributed by atoms with van der Waals surface area (Å²) in [4.78, 5) is 32.0. The van der Waals surface area contributed by atoms with Crippen LogP contribution >= 0.6 is 0 Å². The van der Waals surface area contributed by atoms with Crippen LogP contribution in [0.3, 0.4) is 0 Å². The maximum Gasteiger partial charge on any atom is 0.319 e. The maximum absolute atomic E-state index is 13.4. The number of amides is 2. The van der Waals surface area contributed by atoms with Crippen molar-refractivity contribution in [3.8, 4) is 0 Å². The van der Waals surface area contributed by atoms with Crippen LogP contribution in [-0.2, 0) is 16.4 Å². The number of anilines is 2. The number of sulfone groups is 1. The van der Waals surface area contributed by atoms with E-state index in [-0.39, 0.29) is 10.7 Å². The van der Waals surface area contributed by atoms with Crippen molar-refractivity contribution in [2.45, 2.75) is 23.7 Å². The largest absolute Gasteiger partial charge is 0.369 e.